The maximum Gasteiger partial charge on any atom is 0.236 e. The lowest BCUT2D eigenvalue weighted by atomic mass is 9.83. The van der Waals surface area contributed by atoms with Gasteiger partial charge in [0.05, 0.1) is 17.9 Å². The Labute approximate surface area is 187 Å². The molecule has 1 saturated carbocycles. The summed E-state index contributed by atoms with van der Waals surface area (Å²) in [5.41, 5.74) is 2.66. The number of nitrogens with zero attached hydrogens (tertiary/aromatic N) is 2. The summed E-state index contributed by atoms with van der Waals surface area (Å²) < 4.78 is 0. The third-order valence-corrected chi connectivity index (χ3v) is 7.76. The van der Waals surface area contributed by atoms with Crippen molar-refractivity contribution in [3.63, 3.8) is 0 Å². The summed E-state index contributed by atoms with van der Waals surface area (Å²) in [5.74, 6) is -1.48. The van der Waals surface area contributed by atoms with Crippen molar-refractivity contribution in [1.82, 2.24) is 9.80 Å². The van der Waals surface area contributed by atoms with E-state index < -0.39 is 17.9 Å². The molecule has 6 rings (SSSR count). The molecule has 3 fully saturated rings. The largest absolute Gasteiger partial charge is 0.358 e. The Morgan fingerprint density at radius 3 is 2.28 bits per heavy atom. The van der Waals surface area contributed by atoms with Crippen molar-refractivity contribution in [1.29, 1.82) is 0 Å². The van der Waals surface area contributed by atoms with Crippen LogP contribution in [0.1, 0.15) is 59.6 Å². The Morgan fingerprint density at radius 2 is 1.50 bits per heavy atom. The fourth-order valence-corrected chi connectivity index (χ4v) is 6.35. The first kappa shape index (κ1) is 19.5. The molecule has 0 bridgehead atoms. The zero-order chi connectivity index (χ0) is 21.8. The Kier molecular flexibility index (Phi) is 4.53. The zero-order valence-electron chi connectivity index (χ0n) is 17.9. The summed E-state index contributed by atoms with van der Waals surface area (Å²) in [5, 5.41) is 0. The van der Waals surface area contributed by atoms with Crippen LogP contribution in [0.4, 0.5) is 0 Å². The number of likely N-dealkylation sites (tertiary alicyclic amines) is 1. The Morgan fingerprint density at radius 1 is 0.812 bits per heavy atom. The van der Waals surface area contributed by atoms with E-state index in [9.17, 15) is 14.4 Å². The van der Waals surface area contributed by atoms with Gasteiger partial charge in [-0.1, -0.05) is 73.9 Å². The normalized spacial score (nSPS) is 29.1. The van der Waals surface area contributed by atoms with Crippen LogP contribution in [0.3, 0.4) is 0 Å². The van der Waals surface area contributed by atoms with Crippen LogP contribution in [0, 0.1) is 11.8 Å². The molecule has 32 heavy (non-hydrogen) atoms. The zero-order valence-corrected chi connectivity index (χ0v) is 17.9. The van der Waals surface area contributed by atoms with Gasteiger partial charge in [0.25, 0.3) is 0 Å². The lowest BCUT2D eigenvalue weighted by Crippen LogP contribution is -2.47. The van der Waals surface area contributed by atoms with Gasteiger partial charge in [0.2, 0.25) is 11.8 Å². The molecule has 3 heterocycles. The molecule has 162 valence electrons. The highest BCUT2D eigenvalue weighted by Gasteiger charge is 2.65. The predicted molar refractivity (Wildman–Crippen MR) is 120 cm³/mol. The van der Waals surface area contributed by atoms with Crippen LogP contribution in [-0.2, 0) is 9.59 Å². The van der Waals surface area contributed by atoms with Gasteiger partial charge in [0.1, 0.15) is 6.04 Å². The van der Waals surface area contributed by atoms with Crippen LogP contribution in [-0.4, -0.2) is 39.5 Å². The molecule has 0 aromatic heterocycles. The minimum absolute atomic E-state index is 0.0235. The molecule has 5 nitrogen and oxygen atoms in total. The highest BCUT2D eigenvalue weighted by atomic mass is 16.2. The number of benzene rings is 2. The first-order valence-corrected chi connectivity index (χ1v) is 11.7. The number of fused-ring (bicyclic) bond motifs is 5. The Bertz CT molecular complexity index is 1120. The van der Waals surface area contributed by atoms with Gasteiger partial charge in [0.15, 0.2) is 5.78 Å². The SMILES string of the molecule is O=C(c1ccccc1)C1C2C(=O)N(C3CCCCC3)C(=O)C2C2c3ccccc3C=CN12. The van der Waals surface area contributed by atoms with Crippen LogP contribution < -0.4 is 0 Å². The maximum absolute atomic E-state index is 13.8. The van der Waals surface area contributed by atoms with Gasteiger partial charge in [-0.2, -0.15) is 0 Å². The highest BCUT2D eigenvalue weighted by Crippen LogP contribution is 2.53. The van der Waals surface area contributed by atoms with E-state index >= 15 is 0 Å². The molecule has 2 amide bonds. The number of imide groups is 1. The van der Waals surface area contributed by atoms with E-state index in [1.54, 1.807) is 17.0 Å². The topological polar surface area (TPSA) is 57.7 Å². The van der Waals surface area contributed by atoms with E-state index in [4.69, 9.17) is 0 Å². The van der Waals surface area contributed by atoms with Gasteiger partial charge in [-0.25, -0.2) is 0 Å². The quantitative estimate of drug-likeness (QED) is 0.545. The van der Waals surface area contributed by atoms with E-state index in [-0.39, 0.29) is 29.7 Å². The van der Waals surface area contributed by atoms with Gasteiger partial charge < -0.3 is 4.90 Å². The van der Waals surface area contributed by atoms with E-state index in [0.717, 1.165) is 43.2 Å². The van der Waals surface area contributed by atoms with E-state index in [1.807, 2.05) is 59.6 Å². The summed E-state index contributed by atoms with van der Waals surface area (Å²) in [6.07, 6.45) is 8.91. The second-order valence-corrected chi connectivity index (χ2v) is 9.40. The van der Waals surface area contributed by atoms with Crippen molar-refractivity contribution in [3.05, 3.63) is 77.5 Å². The van der Waals surface area contributed by atoms with Gasteiger partial charge in [-0.15, -0.1) is 0 Å². The minimum Gasteiger partial charge on any atom is -0.358 e. The molecule has 0 spiro atoms. The molecule has 2 aromatic rings. The molecule has 1 aliphatic carbocycles. The van der Waals surface area contributed by atoms with Crippen molar-refractivity contribution < 1.29 is 14.4 Å². The standard InChI is InChI=1S/C27H26N2O3/c30-25(18-10-3-1-4-11-18)24-22-21(23-20-14-8-7-9-17(20)15-16-28(23)24)26(31)29(27(22)32)19-12-5-2-6-13-19/h1,3-4,7-11,14-16,19,21-24H,2,5-6,12-13H2. The molecule has 2 aromatic carbocycles. The molecular weight excluding hydrogens is 400 g/mol. The maximum atomic E-state index is 13.8. The minimum atomic E-state index is -0.665. The number of carbonyl (C=O) groups is 3. The molecule has 2 saturated heterocycles. The third-order valence-electron chi connectivity index (χ3n) is 7.76. The number of rotatable bonds is 3. The van der Waals surface area contributed by atoms with Crippen molar-refractivity contribution in [3.8, 4) is 0 Å². The second-order valence-electron chi connectivity index (χ2n) is 9.40. The molecule has 4 aliphatic rings. The molecule has 0 N–H and O–H groups in total. The molecule has 0 radical (unpaired) electrons. The number of amides is 2. The monoisotopic (exact) mass is 426 g/mol. The van der Waals surface area contributed by atoms with Crippen molar-refractivity contribution in [2.45, 2.75) is 50.2 Å². The molecule has 5 heteroatoms. The second kappa shape index (κ2) is 7.44. The Balaban J connectivity index is 1.47. The lowest BCUT2D eigenvalue weighted by Gasteiger charge is -2.37. The fourth-order valence-electron chi connectivity index (χ4n) is 6.35. The molecule has 3 aliphatic heterocycles. The van der Waals surface area contributed by atoms with Crippen molar-refractivity contribution >= 4 is 23.7 Å². The average molecular weight is 427 g/mol. The van der Waals surface area contributed by atoms with Crippen LogP contribution in [0.15, 0.2) is 60.8 Å². The molecular formula is C27H26N2O3. The van der Waals surface area contributed by atoms with E-state index in [0.29, 0.717) is 5.56 Å². The van der Waals surface area contributed by atoms with Gasteiger partial charge in [-0.05, 0) is 30.0 Å². The van der Waals surface area contributed by atoms with Crippen LogP contribution in [0.2, 0.25) is 0 Å². The lowest BCUT2D eigenvalue weighted by molar-refractivity contribution is -0.144. The predicted octanol–water partition coefficient (Wildman–Crippen LogP) is 4.21. The first-order chi connectivity index (χ1) is 15.7. The summed E-state index contributed by atoms with van der Waals surface area (Å²) in [7, 11) is 0. The number of hydrogen-bond donors (Lipinski definition) is 0. The van der Waals surface area contributed by atoms with Crippen molar-refractivity contribution in [2.75, 3.05) is 0 Å². The molecule has 4 atom stereocenters. The van der Waals surface area contributed by atoms with Crippen molar-refractivity contribution in [2.24, 2.45) is 11.8 Å². The summed E-state index contributed by atoms with van der Waals surface area (Å²) >= 11 is 0. The summed E-state index contributed by atoms with van der Waals surface area (Å²) in [4.78, 5) is 44.9. The fraction of sp³-hybridized carbons (Fsp3) is 0.370. The molecule has 4 unspecified atom stereocenters. The average Bonchev–Trinajstić information content (AvgIpc) is 3.32. The van der Waals surface area contributed by atoms with Crippen LogP contribution >= 0.6 is 0 Å². The Hall–Kier alpha value is -3.21. The van der Waals surface area contributed by atoms with Gasteiger partial charge in [0, 0.05) is 17.8 Å². The van der Waals surface area contributed by atoms with Gasteiger partial charge in [-0.3, -0.25) is 19.3 Å². The van der Waals surface area contributed by atoms with E-state index in [1.165, 1.54) is 0 Å². The van der Waals surface area contributed by atoms with E-state index in [2.05, 4.69) is 0 Å². The number of hydrogen-bond acceptors (Lipinski definition) is 4. The number of ketones is 1. The summed E-state index contributed by atoms with van der Waals surface area (Å²) in [6, 6.07) is 16.2. The van der Waals surface area contributed by atoms with Crippen LogP contribution in [0.25, 0.3) is 6.08 Å². The smallest absolute Gasteiger partial charge is 0.236 e. The number of Topliss-reactive ketones (excluding diaryl/α,β-unsaturated/α-hetero) is 1. The summed E-state index contributed by atoms with van der Waals surface area (Å²) in [6.45, 7) is 0. The van der Waals surface area contributed by atoms with Crippen LogP contribution in [0.5, 0.6) is 0 Å². The highest BCUT2D eigenvalue weighted by molar-refractivity contribution is 6.12. The third kappa shape index (κ3) is 2.73. The number of carbonyl (C=O) groups excluding carboxylic acids is 3. The first-order valence-electron chi connectivity index (χ1n) is 11.7. The van der Waals surface area contributed by atoms with Gasteiger partial charge >= 0.3 is 0 Å².